The third kappa shape index (κ3) is 5.41. The van der Waals surface area contributed by atoms with E-state index in [0.29, 0.717) is 5.95 Å². The summed E-state index contributed by atoms with van der Waals surface area (Å²) in [6, 6.07) is 0. The number of hydrogen-bond donors (Lipinski definition) is 2. The fraction of sp³-hybridized carbons (Fsp3) is 0.750. The maximum Gasteiger partial charge on any atom is 0.235 e. The van der Waals surface area contributed by atoms with Crippen molar-refractivity contribution in [2.75, 3.05) is 76.7 Å². The molecule has 0 atom stereocenters. The zero-order valence-corrected chi connectivity index (χ0v) is 13.8. The highest BCUT2D eigenvalue weighted by atomic mass is 16.5. The van der Waals surface area contributed by atoms with Gasteiger partial charge in [-0.2, -0.15) is 15.0 Å². The molecule has 0 saturated carbocycles. The number of aliphatic hydroxyl groups is 2. The smallest absolute Gasteiger partial charge is 0.235 e. The summed E-state index contributed by atoms with van der Waals surface area (Å²) in [7, 11) is 6.28. The monoisotopic (exact) mass is 332 g/mol. The zero-order valence-electron chi connectivity index (χ0n) is 13.8. The zero-order chi connectivity index (χ0) is 17.2. The van der Waals surface area contributed by atoms with E-state index in [0.717, 1.165) is 0 Å². The lowest BCUT2D eigenvalue weighted by atomic mass is 10.6. The first-order valence-electron chi connectivity index (χ1n) is 6.76. The predicted molar refractivity (Wildman–Crippen MR) is 83.0 cm³/mol. The number of aliphatic hydroxyl groups excluding tert-OH is 2. The molecule has 0 saturated heterocycles. The summed E-state index contributed by atoms with van der Waals surface area (Å²) < 4.78 is 15.1. The van der Waals surface area contributed by atoms with Crippen molar-refractivity contribution >= 4 is 17.8 Å². The van der Waals surface area contributed by atoms with Crippen LogP contribution in [0.4, 0.5) is 17.8 Å². The molecule has 0 fully saturated rings. The molecule has 0 aliphatic heterocycles. The van der Waals surface area contributed by atoms with Gasteiger partial charge in [0, 0.05) is 28.4 Å². The van der Waals surface area contributed by atoms with Gasteiger partial charge in [-0.15, -0.1) is 0 Å². The summed E-state index contributed by atoms with van der Waals surface area (Å²) in [6.45, 7) is -0.231. The van der Waals surface area contributed by atoms with Gasteiger partial charge in [0.1, 0.15) is 33.7 Å². The average molecular weight is 332 g/mol. The molecule has 132 valence electrons. The first kappa shape index (κ1) is 19.3. The standard InChI is InChI=1S/C12H24N6O5/c1-16(7-21-2)10-13-11(17(5-19)8-22-3)15-12(14-10)18(6-20)9-23-4/h19-20H,5-9H2,1-4H3. The molecule has 2 N–H and O–H groups in total. The minimum absolute atomic E-state index is 0.0940. The van der Waals surface area contributed by atoms with Gasteiger partial charge in [-0.05, 0) is 0 Å². The fourth-order valence-electron chi connectivity index (χ4n) is 1.68. The highest BCUT2D eigenvalue weighted by Gasteiger charge is 2.18. The summed E-state index contributed by atoms with van der Waals surface area (Å²) in [5.74, 6) is 0.717. The van der Waals surface area contributed by atoms with Crippen LogP contribution < -0.4 is 14.7 Å². The lowest BCUT2D eigenvalue weighted by molar-refractivity contribution is 0.163. The Bertz CT molecular complexity index is 433. The van der Waals surface area contributed by atoms with Crippen molar-refractivity contribution in [3.05, 3.63) is 0 Å². The van der Waals surface area contributed by atoms with Crippen LogP contribution in [0.1, 0.15) is 0 Å². The quantitative estimate of drug-likeness (QED) is 0.467. The molecule has 11 nitrogen and oxygen atoms in total. The van der Waals surface area contributed by atoms with Gasteiger partial charge in [0.15, 0.2) is 0 Å². The van der Waals surface area contributed by atoms with E-state index in [2.05, 4.69) is 15.0 Å². The molecule has 0 amide bonds. The molecule has 1 aromatic heterocycles. The van der Waals surface area contributed by atoms with Crippen LogP contribution in [0, 0.1) is 0 Å². The Morgan fingerprint density at radius 2 is 1.13 bits per heavy atom. The Morgan fingerprint density at radius 3 is 1.48 bits per heavy atom. The van der Waals surface area contributed by atoms with Crippen molar-refractivity contribution in [1.29, 1.82) is 0 Å². The van der Waals surface area contributed by atoms with E-state index in [1.54, 1.807) is 19.1 Å². The molecule has 0 radical (unpaired) electrons. The van der Waals surface area contributed by atoms with Crippen LogP contribution in [0.3, 0.4) is 0 Å². The number of aromatic nitrogens is 3. The topological polar surface area (TPSA) is 117 Å². The molecule has 0 unspecified atom stereocenters. The van der Waals surface area contributed by atoms with Gasteiger partial charge < -0.3 is 29.3 Å². The van der Waals surface area contributed by atoms with Crippen LogP contribution in [0.5, 0.6) is 0 Å². The number of rotatable bonds is 11. The van der Waals surface area contributed by atoms with Crippen LogP contribution >= 0.6 is 0 Å². The lowest BCUT2D eigenvalue weighted by Crippen LogP contribution is -2.33. The molecule has 1 heterocycles. The second-order valence-electron chi connectivity index (χ2n) is 4.55. The molecule has 23 heavy (non-hydrogen) atoms. The second kappa shape index (κ2) is 10.1. The van der Waals surface area contributed by atoms with Crippen molar-refractivity contribution in [2.24, 2.45) is 0 Å². The minimum Gasteiger partial charge on any atom is -0.376 e. The molecule has 0 bridgehead atoms. The number of nitrogens with zero attached hydrogens (tertiary/aromatic N) is 6. The van der Waals surface area contributed by atoms with Crippen LogP contribution in [0.2, 0.25) is 0 Å². The summed E-state index contributed by atoms with van der Waals surface area (Å²) in [4.78, 5) is 17.2. The Kier molecular flexibility index (Phi) is 8.43. The van der Waals surface area contributed by atoms with E-state index >= 15 is 0 Å². The van der Waals surface area contributed by atoms with Crippen molar-refractivity contribution in [2.45, 2.75) is 0 Å². The predicted octanol–water partition coefficient (Wildman–Crippen LogP) is -1.37. The van der Waals surface area contributed by atoms with Crippen LogP contribution in [-0.2, 0) is 14.2 Å². The summed E-state index contributed by atoms with van der Waals surface area (Å²) in [5, 5.41) is 18.9. The molecule has 0 aliphatic carbocycles. The molecule has 1 aromatic rings. The summed E-state index contributed by atoms with van der Waals surface area (Å²) in [6.07, 6.45) is 0. The van der Waals surface area contributed by atoms with Crippen molar-refractivity contribution in [1.82, 2.24) is 15.0 Å². The molecule has 1 rings (SSSR count). The number of methoxy groups -OCH3 is 3. The van der Waals surface area contributed by atoms with E-state index in [4.69, 9.17) is 14.2 Å². The normalized spacial score (nSPS) is 10.7. The Balaban J connectivity index is 3.24. The average Bonchev–Trinajstić information content (AvgIpc) is 2.57. The Labute approximate surface area is 135 Å². The largest absolute Gasteiger partial charge is 0.376 e. The second-order valence-corrected chi connectivity index (χ2v) is 4.55. The molecular weight excluding hydrogens is 308 g/mol. The van der Waals surface area contributed by atoms with Crippen molar-refractivity contribution < 1.29 is 24.4 Å². The molecule has 0 spiro atoms. The third-order valence-corrected chi connectivity index (χ3v) is 2.74. The highest BCUT2D eigenvalue weighted by Crippen LogP contribution is 2.18. The molecule has 0 aromatic carbocycles. The van der Waals surface area contributed by atoms with Gasteiger partial charge in [0.05, 0.1) is 0 Å². The number of ether oxygens (including phenoxy) is 3. The van der Waals surface area contributed by atoms with Gasteiger partial charge in [0.2, 0.25) is 17.8 Å². The maximum absolute atomic E-state index is 9.45. The lowest BCUT2D eigenvalue weighted by Gasteiger charge is -2.25. The molecule has 11 heteroatoms. The Morgan fingerprint density at radius 1 is 0.739 bits per heavy atom. The van der Waals surface area contributed by atoms with Gasteiger partial charge in [-0.1, -0.05) is 0 Å². The van der Waals surface area contributed by atoms with Crippen LogP contribution in [-0.4, -0.2) is 87.2 Å². The number of hydrogen-bond acceptors (Lipinski definition) is 11. The van der Waals surface area contributed by atoms with Crippen molar-refractivity contribution in [3.63, 3.8) is 0 Å². The van der Waals surface area contributed by atoms with Crippen LogP contribution in [0.25, 0.3) is 0 Å². The highest BCUT2D eigenvalue weighted by molar-refractivity contribution is 5.45. The van der Waals surface area contributed by atoms with Gasteiger partial charge in [0.25, 0.3) is 0 Å². The van der Waals surface area contributed by atoms with E-state index < -0.39 is 0 Å². The first-order chi connectivity index (χ1) is 11.1. The third-order valence-electron chi connectivity index (χ3n) is 2.74. The van der Waals surface area contributed by atoms with Crippen molar-refractivity contribution in [3.8, 4) is 0 Å². The van der Waals surface area contributed by atoms with Gasteiger partial charge in [-0.25, -0.2) is 0 Å². The summed E-state index contributed by atoms with van der Waals surface area (Å²) in [5.41, 5.74) is 0. The molecule has 0 aliphatic rings. The van der Waals surface area contributed by atoms with Gasteiger partial charge in [-0.3, -0.25) is 9.80 Å². The van der Waals surface area contributed by atoms with E-state index in [1.165, 1.54) is 24.0 Å². The summed E-state index contributed by atoms with van der Waals surface area (Å²) >= 11 is 0. The Hall–Kier alpha value is -1.79. The van der Waals surface area contributed by atoms with E-state index in [1.807, 2.05) is 0 Å². The maximum atomic E-state index is 9.45. The van der Waals surface area contributed by atoms with E-state index in [-0.39, 0.29) is 45.6 Å². The van der Waals surface area contributed by atoms with E-state index in [9.17, 15) is 10.2 Å². The fourth-order valence-corrected chi connectivity index (χ4v) is 1.68. The molecular formula is C12H24N6O5. The minimum atomic E-state index is -0.339. The number of anilines is 3. The van der Waals surface area contributed by atoms with Crippen LogP contribution in [0.15, 0.2) is 0 Å². The first-order valence-corrected chi connectivity index (χ1v) is 6.76. The van der Waals surface area contributed by atoms with Gasteiger partial charge >= 0.3 is 0 Å². The SMILES string of the molecule is COCN(C)c1nc(N(CO)COC)nc(N(CO)COC)n1.